The molecule has 4 aromatic carbocycles. The van der Waals surface area contributed by atoms with Gasteiger partial charge in [-0.25, -0.2) is 4.98 Å². The maximum absolute atomic E-state index is 5.13. The number of anilines is 1. The van der Waals surface area contributed by atoms with E-state index in [4.69, 9.17) is 15.0 Å². The topological polar surface area (TPSA) is 41.9 Å². The van der Waals surface area contributed by atoms with Crippen molar-refractivity contribution in [3.05, 3.63) is 255 Å². The molecule has 9 rings (SSSR count). The van der Waals surface area contributed by atoms with Gasteiger partial charge in [-0.1, -0.05) is 245 Å². The van der Waals surface area contributed by atoms with Crippen LogP contribution in [0.5, 0.6) is 0 Å². The highest BCUT2D eigenvalue weighted by Gasteiger charge is 2.46. The van der Waals surface area contributed by atoms with Gasteiger partial charge in [0.15, 0.2) is 11.6 Å². The van der Waals surface area contributed by atoms with E-state index in [1.807, 2.05) is 66.7 Å². The van der Waals surface area contributed by atoms with Gasteiger partial charge in [-0.05, 0) is 99.9 Å². The molecule has 4 nitrogen and oxygen atoms in total. The minimum Gasteiger partial charge on any atom is -0.320 e. The van der Waals surface area contributed by atoms with Crippen molar-refractivity contribution >= 4 is 39.6 Å². The Hall–Kier alpha value is -6.95. The Morgan fingerprint density at radius 1 is 0.765 bits per heavy atom. The second kappa shape index (κ2) is 22.7. The van der Waals surface area contributed by atoms with Crippen molar-refractivity contribution in [3.8, 4) is 22.8 Å². The molecule has 0 N–H and O–H groups in total. The van der Waals surface area contributed by atoms with Crippen LogP contribution in [0.3, 0.4) is 0 Å². The van der Waals surface area contributed by atoms with Gasteiger partial charge in [-0.2, -0.15) is 9.97 Å². The van der Waals surface area contributed by atoms with Crippen molar-refractivity contribution in [1.29, 1.82) is 0 Å². The number of hydrogen-bond donors (Lipinski definition) is 0. The van der Waals surface area contributed by atoms with E-state index in [1.54, 1.807) is 0 Å². The standard InChI is InChI=1S/C37H31BrN4.C23H24.C3H8/c1-5-13-26-27-21-29-28-20-25(38)18-19-32(28)42(33(29)22-31(27)37(3,4)30(26)6-2)36-40-34(23-14-9-7-10-15-23)39-35(41-36)24-16-11-8-12-17-24;1-19(22-16-9-6-10-17-22)13-7-4-5-8-14-20(2)23-18-12-11-15-21(23)3;1-3-2/h5-22,32-33H,2H2,1,3-4H3;5-13,15-18H,1,3-4,14H2,2H3;3H2,1-2H3/b13-5-;8-5-,13-7+,23-20+;. The van der Waals surface area contributed by atoms with Crippen molar-refractivity contribution in [2.75, 3.05) is 4.90 Å². The van der Waals surface area contributed by atoms with Gasteiger partial charge in [0.05, 0.1) is 12.1 Å². The molecule has 0 amide bonds. The summed E-state index contributed by atoms with van der Waals surface area (Å²) in [6, 6.07) is 38.8. The molecular formula is C63H63BrN4. The predicted octanol–water partition coefficient (Wildman–Crippen LogP) is 15.2. The molecule has 1 aliphatic heterocycles. The molecule has 0 saturated carbocycles. The average Bonchev–Trinajstić information content (AvgIpc) is 3.78. The number of fused-ring (bicyclic) bond motifs is 3. The van der Waals surface area contributed by atoms with E-state index in [0.29, 0.717) is 17.6 Å². The second-order valence-corrected chi connectivity index (χ2v) is 18.7. The molecule has 1 aromatic heterocycles. The SMILES string of the molecule is C=C(/C=C/C/C=C\C/C(C)=c1\ccccc1=C)c1ccccc1.C=CC1=C(/C=C\C)C2=CC3=C4C=C(Br)C=CC4N(c4nc(-c5ccccc5)nc(-c5ccccc5)n4)C3C=C2C1(C)C.CCC. The smallest absolute Gasteiger partial charge is 0.231 e. The van der Waals surface area contributed by atoms with E-state index in [2.05, 4.69) is 204 Å². The number of hydrogen-bond acceptors (Lipinski definition) is 4. The third kappa shape index (κ3) is 10.9. The van der Waals surface area contributed by atoms with Gasteiger partial charge < -0.3 is 4.90 Å². The Balaban J connectivity index is 0.000000223. The first-order chi connectivity index (χ1) is 33.0. The number of aromatic nitrogens is 3. The molecule has 5 heteroatoms. The summed E-state index contributed by atoms with van der Waals surface area (Å²) < 4.78 is 1.06. The Labute approximate surface area is 413 Å². The highest BCUT2D eigenvalue weighted by atomic mass is 79.9. The van der Waals surface area contributed by atoms with Gasteiger partial charge in [-0.3, -0.25) is 0 Å². The van der Waals surface area contributed by atoms with Crippen molar-refractivity contribution < 1.29 is 0 Å². The molecule has 2 atom stereocenters. The minimum atomic E-state index is -0.173. The van der Waals surface area contributed by atoms with Crippen LogP contribution in [0.15, 0.2) is 239 Å². The second-order valence-electron chi connectivity index (χ2n) is 17.8. The summed E-state index contributed by atoms with van der Waals surface area (Å²) in [6.45, 7) is 25.5. The normalized spacial score (nSPS) is 18.2. The van der Waals surface area contributed by atoms with Crippen molar-refractivity contribution in [2.45, 2.75) is 72.9 Å². The van der Waals surface area contributed by atoms with E-state index in [-0.39, 0.29) is 17.5 Å². The zero-order chi connectivity index (χ0) is 48.2. The van der Waals surface area contributed by atoms with E-state index in [9.17, 15) is 0 Å². The average molecular weight is 956 g/mol. The first-order valence-electron chi connectivity index (χ1n) is 23.7. The van der Waals surface area contributed by atoms with Crippen molar-refractivity contribution in [1.82, 2.24) is 15.0 Å². The van der Waals surface area contributed by atoms with Gasteiger partial charge in [-0.15, -0.1) is 0 Å². The maximum atomic E-state index is 5.13. The molecule has 2 unspecified atom stereocenters. The summed E-state index contributed by atoms with van der Waals surface area (Å²) in [5.41, 5.74) is 12.9. The fourth-order valence-corrected chi connectivity index (χ4v) is 9.49. The van der Waals surface area contributed by atoms with Crippen LogP contribution in [0.4, 0.5) is 5.95 Å². The van der Waals surface area contributed by atoms with E-state index >= 15 is 0 Å². The highest BCUT2D eigenvalue weighted by molar-refractivity contribution is 9.11. The summed E-state index contributed by atoms with van der Waals surface area (Å²) in [5, 5.41) is 2.35. The van der Waals surface area contributed by atoms with Crippen molar-refractivity contribution in [3.63, 3.8) is 0 Å². The first kappa shape index (κ1) is 49.0. The molecule has 0 spiro atoms. The Morgan fingerprint density at radius 2 is 1.35 bits per heavy atom. The van der Waals surface area contributed by atoms with E-state index in [1.165, 1.54) is 56.2 Å². The van der Waals surface area contributed by atoms with Gasteiger partial charge in [0.2, 0.25) is 5.95 Å². The summed E-state index contributed by atoms with van der Waals surface area (Å²) in [7, 11) is 0. The molecule has 0 fully saturated rings. The van der Waals surface area contributed by atoms with Gasteiger partial charge in [0, 0.05) is 21.0 Å². The number of halogens is 1. The largest absolute Gasteiger partial charge is 0.320 e. The van der Waals surface area contributed by atoms with Crippen LogP contribution in [-0.2, 0) is 0 Å². The van der Waals surface area contributed by atoms with E-state index < -0.39 is 0 Å². The molecule has 5 aromatic rings. The molecule has 68 heavy (non-hydrogen) atoms. The molecule has 0 bridgehead atoms. The van der Waals surface area contributed by atoms with Crippen LogP contribution in [0, 0.1) is 5.41 Å². The van der Waals surface area contributed by atoms with Crippen LogP contribution in [0.1, 0.15) is 66.4 Å². The van der Waals surface area contributed by atoms with E-state index in [0.717, 1.165) is 39.2 Å². The third-order valence-corrected chi connectivity index (χ3v) is 12.9. The lowest BCUT2D eigenvalue weighted by molar-refractivity contribution is 0.571. The van der Waals surface area contributed by atoms with Crippen LogP contribution in [0.25, 0.3) is 40.5 Å². The Bertz CT molecular complexity index is 2990. The van der Waals surface area contributed by atoms with Gasteiger partial charge in [0.25, 0.3) is 0 Å². The number of nitrogens with zero attached hydrogens (tertiary/aromatic N) is 4. The zero-order valence-electron chi connectivity index (χ0n) is 40.5. The summed E-state index contributed by atoms with van der Waals surface area (Å²) >= 11 is 3.74. The molecule has 342 valence electrons. The molecule has 3 aliphatic carbocycles. The molecule has 2 heterocycles. The number of benzene rings is 4. The molecule has 0 saturated heterocycles. The summed E-state index contributed by atoms with van der Waals surface area (Å²) in [5.74, 6) is 1.99. The Kier molecular flexibility index (Phi) is 16.3. The Morgan fingerprint density at radius 3 is 1.96 bits per heavy atom. The fraction of sp³-hybridized carbons (Fsp3) is 0.190. The quantitative estimate of drug-likeness (QED) is 0.0977. The number of allylic oxidation sites excluding steroid dienone is 14. The summed E-state index contributed by atoms with van der Waals surface area (Å²) in [4.78, 5) is 17.6. The minimum absolute atomic E-state index is 0.00962. The monoisotopic (exact) mass is 954 g/mol. The molecule has 4 aliphatic rings. The highest BCUT2D eigenvalue weighted by Crippen LogP contribution is 2.55. The van der Waals surface area contributed by atoms with Crippen LogP contribution in [-0.4, -0.2) is 27.0 Å². The third-order valence-electron chi connectivity index (χ3n) is 12.4. The summed E-state index contributed by atoms with van der Waals surface area (Å²) in [6.07, 6.45) is 29.6. The van der Waals surface area contributed by atoms with Crippen LogP contribution in [0.2, 0.25) is 0 Å². The molecular weight excluding hydrogens is 893 g/mol. The fourth-order valence-electron chi connectivity index (χ4n) is 9.09. The molecule has 0 radical (unpaired) electrons. The van der Waals surface area contributed by atoms with Crippen LogP contribution < -0.4 is 15.3 Å². The first-order valence-corrected chi connectivity index (χ1v) is 24.5. The van der Waals surface area contributed by atoms with Crippen molar-refractivity contribution in [2.24, 2.45) is 5.41 Å². The lowest BCUT2D eigenvalue weighted by Crippen LogP contribution is -2.40. The number of rotatable bonds is 11. The van der Waals surface area contributed by atoms with Gasteiger partial charge >= 0.3 is 0 Å². The van der Waals surface area contributed by atoms with Crippen LogP contribution >= 0.6 is 15.9 Å². The predicted molar refractivity (Wildman–Crippen MR) is 295 cm³/mol. The van der Waals surface area contributed by atoms with Gasteiger partial charge in [0.1, 0.15) is 0 Å². The zero-order valence-corrected chi connectivity index (χ0v) is 42.0. The lowest BCUT2D eigenvalue weighted by Gasteiger charge is -2.34. The lowest BCUT2D eigenvalue weighted by atomic mass is 9.77. The maximum Gasteiger partial charge on any atom is 0.231 e.